The Morgan fingerprint density at radius 2 is 1.86 bits per heavy atom. The van der Waals surface area contributed by atoms with Crippen LogP contribution >= 0.6 is 0 Å². The lowest BCUT2D eigenvalue weighted by Gasteiger charge is -2.07. The summed E-state index contributed by atoms with van der Waals surface area (Å²) in [5.41, 5.74) is 2.01. The molecule has 0 atom stereocenters. The van der Waals surface area contributed by atoms with E-state index in [9.17, 15) is 13.6 Å². The Morgan fingerprint density at radius 1 is 1.05 bits per heavy atom. The van der Waals surface area contributed by atoms with E-state index in [1.54, 1.807) is 24.3 Å². The molecule has 0 saturated carbocycles. The van der Waals surface area contributed by atoms with E-state index in [1.807, 2.05) is 0 Å². The highest BCUT2D eigenvalue weighted by atomic mass is 19.2. The number of carbonyl (C=O) groups is 1. The van der Waals surface area contributed by atoms with Crippen LogP contribution in [-0.4, -0.2) is 11.0 Å². The van der Waals surface area contributed by atoms with Crippen LogP contribution in [0, 0.1) is 11.6 Å². The molecule has 2 aromatic carbocycles. The molecule has 2 N–H and O–H groups in total. The highest BCUT2D eigenvalue weighted by Crippen LogP contribution is 2.13. The van der Waals surface area contributed by atoms with Crippen LogP contribution < -0.4 is 5.32 Å². The van der Waals surface area contributed by atoms with E-state index < -0.39 is 11.6 Å². The van der Waals surface area contributed by atoms with Gasteiger partial charge in [0.1, 0.15) is 0 Å². The number of amides is 1. The summed E-state index contributed by atoms with van der Waals surface area (Å²) in [6.45, 7) is -0.0835. The van der Waals surface area contributed by atoms with Crippen molar-refractivity contribution in [3.05, 3.63) is 65.2 Å². The Bertz CT molecular complexity index is 659. The zero-order valence-corrected chi connectivity index (χ0v) is 12.0. The van der Waals surface area contributed by atoms with Crippen LogP contribution in [0.1, 0.15) is 24.0 Å². The van der Waals surface area contributed by atoms with Gasteiger partial charge < -0.3 is 10.4 Å². The first-order valence-corrected chi connectivity index (χ1v) is 7.02. The Hall–Kier alpha value is -2.27. The highest BCUT2D eigenvalue weighted by Gasteiger charge is 2.05. The van der Waals surface area contributed by atoms with Crippen molar-refractivity contribution in [1.29, 1.82) is 0 Å². The second kappa shape index (κ2) is 7.66. The SMILES string of the molecule is O=C(CCCc1ccc(F)c(F)c1)Nc1cccc(CO)c1. The molecule has 2 rings (SSSR count). The van der Waals surface area contributed by atoms with Gasteiger partial charge in [-0.15, -0.1) is 0 Å². The molecule has 1 amide bonds. The molecule has 22 heavy (non-hydrogen) atoms. The number of aliphatic hydroxyl groups is 1. The van der Waals surface area contributed by atoms with Gasteiger partial charge in [-0.05, 0) is 48.2 Å². The van der Waals surface area contributed by atoms with E-state index >= 15 is 0 Å². The lowest BCUT2D eigenvalue weighted by molar-refractivity contribution is -0.116. The standard InChI is InChI=1S/C17H17F2NO2/c18-15-8-7-12(10-16(15)19)3-2-6-17(22)20-14-5-1-4-13(9-14)11-21/h1,4-5,7-10,21H,2-3,6,11H2,(H,20,22). The van der Waals surface area contributed by atoms with Gasteiger partial charge in [0.25, 0.3) is 0 Å². The Balaban J connectivity index is 1.81. The monoisotopic (exact) mass is 305 g/mol. The number of aliphatic hydroxyl groups excluding tert-OH is 1. The number of hydrogen-bond acceptors (Lipinski definition) is 2. The summed E-state index contributed by atoms with van der Waals surface area (Å²) in [4.78, 5) is 11.8. The molecule has 0 aromatic heterocycles. The number of anilines is 1. The number of nitrogens with one attached hydrogen (secondary N) is 1. The molecule has 0 spiro atoms. The van der Waals surface area contributed by atoms with Gasteiger partial charge in [0.05, 0.1) is 6.61 Å². The summed E-state index contributed by atoms with van der Waals surface area (Å²) in [6, 6.07) is 10.7. The number of aryl methyl sites for hydroxylation is 1. The minimum absolute atomic E-state index is 0.0835. The van der Waals surface area contributed by atoms with Gasteiger partial charge in [-0.25, -0.2) is 8.78 Å². The van der Waals surface area contributed by atoms with Crippen LogP contribution in [0.25, 0.3) is 0 Å². The van der Waals surface area contributed by atoms with Gasteiger partial charge >= 0.3 is 0 Å². The molecule has 2 aromatic rings. The van der Waals surface area contributed by atoms with Gasteiger partial charge in [0.15, 0.2) is 11.6 Å². The smallest absolute Gasteiger partial charge is 0.224 e. The third kappa shape index (κ3) is 4.63. The Kier molecular flexibility index (Phi) is 5.61. The fourth-order valence-electron chi connectivity index (χ4n) is 2.12. The van der Waals surface area contributed by atoms with Crippen molar-refractivity contribution in [2.24, 2.45) is 0 Å². The Labute approximate surface area is 127 Å². The fraction of sp³-hybridized carbons (Fsp3) is 0.235. The molecule has 0 aliphatic carbocycles. The van der Waals surface area contributed by atoms with Crippen molar-refractivity contribution < 1.29 is 18.7 Å². The first-order valence-electron chi connectivity index (χ1n) is 7.02. The number of carbonyl (C=O) groups excluding carboxylic acids is 1. The summed E-state index contributed by atoms with van der Waals surface area (Å²) in [6.07, 6.45) is 1.32. The Morgan fingerprint density at radius 3 is 2.59 bits per heavy atom. The molecule has 0 unspecified atom stereocenters. The lowest BCUT2D eigenvalue weighted by atomic mass is 10.1. The largest absolute Gasteiger partial charge is 0.392 e. The third-order valence-corrected chi connectivity index (χ3v) is 3.25. The predicted octanol–water partition coefficient (Wildman–Crippen LogP) is 3.42. The summed E-state index contributed by atoms with van der Waals surface area (Å²) in [5, 5.41) is 11.8. The third-order valence-electron chi connectivity index (χ3n) is 3.25. The van der Waals surface area contributed by atoms with Gasteiger partial charge in [0, 0.05) is 12.1 Å². The summed E-state index contributed by atoms with van der Waals surface area (Å²) in [7, 11) is 0. The van der Waals surface area contributed by atoms with Crippen molar-refractivity contribution in [2.45, 2.75) is 25.9 Å². The molecule has 116 valence electrons. The summed E-state index contributed by atoms with van der Waals surface area (Å²) >= 11 is 0. The fourth-order valence-corrected chi connectivity index (χ4v) is 2.12. The van der Waals surface area contributed by atoms with E-state index in [0.29, 0.717) is 24.1 Å². The lowest BCUT2D eigenvalue weighted by Crippen LogP contribution is -2.11. The van der Waals surface area contributed by atoms with Gasteiger partial charge in [-0.3, -0.25) is 4.79 Å². The summed E-state index contributed by atoms with van der Waals surface area (Å²) < 4.78 is 25.8. The summed E-state index contributed by atoms with van der Waals surface area (Å²) in [5.74, 6) is -1.90. The molecular weight excluding hydrogens is 288 g/mol. The molecule has 0 saturated heterocycles. The van der Waals surface area contributed by atoms with Crippen molar-refractivity contribution in [1.82, 2.24) is 0 Å². The quantitative estimate of drug-likeness (QED) is 0.859. The van der Waals surface area contributed by atoms with Crippen molar-refractivity contribution in [3.63, 3.8) is 0 Å². The van der Waals surface area contributed by atoms with Gasteiger partial charge in [-0.1, -0.05) is 18.2 Å². The molecule has 0 radical (unpaired) electrons. The normalized spacial score (nSPS) is 10.5. The van der Waals surface area contributed by atoms with E-state index in [2.05, 4.69) is 5.32 Å². The van der Waals surface area contributed by atoms with Gasteiger partial charge in [0.2, 0.25) is 5.91 Å². The molecule has 0 heterocycles. The van der Waals surface area contributed by atoms with E-state index in [4.69, 9.17) is 5.11 Å². The van der Waals surface area contributed by atoms with Crippen molar-refractivity contribution in [3.8, 4) is 0 Å². The highest BCUT2D eigenvalue weighted by molar-refractivity contribution is 5.90. The predicted molar refractivity (Wildman–Crippen MR) is 80.3 cm³/mol. The van der Waals surface area contributed by atoms with Crippen LogP contribution in [0.2, 0.25) is 0 Å². The average Bonchev–Trinajstić information content (AvgIpc) is 2.51. The van der Waals surface area contributed by atoms with Crippen molar-refractivity contribution in [2.75, 3.05) is 5.32 Å². The van der Waals surface area contributed by atoms with Crippen LogP contribution in [0.3, 0.4) is 0 Å². The number of hydrogen-bond donors (Lipinski definition) is 2. The molecular formula is C17H17F2NO2. The topological polar surface area (TPSA) is 49.3 Å². The van der Waals surface area contributed by atoms with E-state index in [-0.39, 0.29) is 18.9 Å². The molecule has 0 aliphatic heterocycles. The molecule has 5 heteroatoms. The van der Waals surface area contributed by atoms with E-state index in [1.165, 1.54) is 6.07 Å². The maximum atomic E-state index is 13.0. The molecule has 3 nitrogen and oxygen atoms in total. The second-order valence-electron chi connectivity index (χ2n) is 5.01. The maximum absolute atomic E-state index is 13.0. The maximum Gasteiger partial charge on any atom is 0.224 e. The molecule has 0 aliphatic rings. The van der Waals surface area contributed by atoms with Gasteiger partial charge in [-0.2, -0.15) is 0 Å². The first kappa shape index (κ1) is 16.1. The van der Waals surface area contributed by atoms with Crippen LogP contribution in [0.15, 0.2) is 42.5 Å². The van der Waals surface area contributed by atoms with Crippen LogP contribution in [0.5, 0.6) is 0 Å². The zero-order valence-electron chi connectivity index (χ0n) is 12.0. The number of benzene rings is 2. The molecule has 0 fully saturated rings. The number of rotatable bonds is 6. The second-order valence-corrected chi connectivity index (χ2v) is 5.01. The zero-order chi connectivity index (χ0) is 15.9. The first-order chi connectivity index (χ1) is 10.6. The van der Waals surface area contributed by atoms with Crippen LogP contribution in [0.4, 0.5) is 14.5 Å². The average molecular weight is 305 g/mol. The van der Waals surface area contributed by atoms with Crippen LogP contribution in [-0.2, 0) is 17.8 Å². The minimum Gasteiger partial charge on any atom is -0.392 e. The minimum atomic E-state index is -0.872. The van der Waals surface area contributed by atoms with E-state index in [0.717, 1.165) is 17.7 Å². The number of halogens is 2. The van der Waals surface area contributed by atoms with Crippen molar-refractivity contribution >= 4 is 11.6 Å². The molecule has 0 bridgehead atoms.